The Hall–Kier alpha value is -2.24. The number of nitrogens with zero attached hydrogens (tertiary/aromatic N) is 2. The van der Waals surface area contributed by atoms with Gasteiger partial charge < -0.3 is 5.32 Å². The van der Waals surface area contributed by atoms with E-state index in [0.717, 1.165) is 6.42 Å². The average Bonchev–Trinajstić information content (AvgIpc) is 2.99. The number of carbonyl (C=O) groups excluding carboxylic acids is 1. The van der Waals surface area contributed by atoms with Crippen LogP contribution in [0.3, 0.4) is 0 Å². The molecule has 116 valence electrons. The van der Waals surface area contributed by atoms with Crippen molar-refractivity contribution in [1.29, 1.82) is 0 Å². The molecule has 1 amide bonds. The zero-order chi connectivity index (χ0) is 15.6. The largest absolute Gasteiger partial charge is 0.352 e. The second kappa shape index (κ2) is 5.87. The van der Waals surface area contributed by atoms with E-state index in [1.807, 2.05) is 0 Å². The predicted molar refractivity (Wildman–Crippen MR) is 78.2 cm³/mol. The number of rotatable bonds is 5. The fourth-order valence-corrected chi connectivity index (χ4v) is 2.64. The summed E-state index contributed by atoms with van der Waals surface area (Å²) < 4.78 is 29.4. The maximum absolute atomic E-state index is 14.1. The molecule has 0 aliphatic heterocycles. The lowest BCUT2D eigenvalue weighted by Gasteiger charge is -2.33. The summed E-state index contributed by atoms with van der Waals surface area (Å²) >= 11 is 0. The second-order valence-corrected chi connectivity index (χ2v) is 5.59. The van der Waals surface area contributed by atoms with Crippen molar-refractivity contribution < 1.29 is 13.6 Å². The Bertz CT molecular complexity index is 666. The van der Waals surface area contributed by atoms with Crippen LogP contribution in [-0.4, -0.2) is 27.9 Å². The van der Waals surface area contributed by atoms with E-state index in [0.29, 0.717) is 18.5 Å². The lowest BCUT2D eigenvalue weighted by Crippen LogP contribution is -2.37. The third-order valence-electron chi connectivity index (χ3n) is 4.08. The molecule has 2 aromatic rings. The highest BCUT2D eigenvalue weighted by atomic mass is 19.1. The van der Waals surface area contributed by atoms with Gasteiger partial charge in [-0.3, -0.25) is 4.79 Å². The first-order valence-corrected chi connectivity index (χ1v) is 7.35. The Balaban J connectivity index is 1.74. The maximum atomic E-state index is 14.1. The molecule has 1 aliphatic carbocycles. The standard InChI is InChI=1S/C16H17F2N3O/c17-12-4-1-5-13(21-11-3-9-20-21)14(12)15(22)19-10-8-16(18)6-2-7-16/h1,3-5,9,11H,2,6-8,10H2,(H,19,22). The number of aromatic nitrogens is 2. The predicted octanol–water partition coefficient (Wildman–Crippen LogP) is 3.02. The van der Waals surface area contributed by atoms with E-state index in [9.17, 15) is 13.6 Å². The molecule has 1 fully saturated rings. The van der Waals surface area contributed by atoms with Gasteiger partial charge in [0.1, 0.15) is 17.0 Å². The molecule has 0 atom stereocenters. The van der Waals surface area contributed by atoms with Gasteiger partial charge >= 0.3 is 0 Å². The molecule has 0 radical (unpaired) electrons. The van der Waals surface area contributed by atoms with Crippen LogP contribution in [0.25, 0.3) is 5.69 Å². The molecule has 1 aromatic heterocycles. The van der Waals surface area contributed by atoms with Gasteiger partial charge in [0.25, 0.3) is 5.91 Å². The van der Waals surface area contributed by atoms with Gasteiger partial charge in [0.05, 0.1) is 5.69 Å². The van der Waals surface area contributed by atoms with Gasteiger partial charge in [-0.05, 0) is 43.9 Å². The minimum atomic E-state index is -1.16. The van der Waals surface area contributed by atoms with Crippen LogP contribution in [0.2, 0.25) is 0 Å². The fourth-order valence-electron chi connectivity index (χ4n) is 2.64. The lowest BCUT2D eigenvalue weighted by atomic mass is 9.79. The van der Waals surface area contributed by atoms with Gasteiger partial charge in [-0.25, -0.2) is 13.5 Å². The number of alkyl halides is 1. The molecule has 1 heterocycles. The summed E-state index contributed by atoms with van der Waals surface area (Å²) in [6.45, 7) is 0.197. The van der Waals surface area contributed by atoms with Crippen molar-refractivity contribution in [3.63, 3.8) is 0 Å². The number of hydrogen-bond donors (Lipinski definition) is 1. The van der Waals surface area contributed by atoms with Crippen molar-refractivity contribution in [2.75, 3.05) is 6.54 Å². The van der Waals surface area contributed by atoms with Crippen molar-refractivity contribution in [3.8, 4) is 5.69 Å². The first-order chi connectivity index (χ1) is 10.6. The quantitative estimate of drug-likeness (QED) is 0.923. The normalized spacial score (nSPS) is 16.1. The van der Waals surface area contributed by atoms with E-state index in [1.54, 1.807) is 24.5 Å². The zero-order valence-electron chi connectivity index (χ0n) is 12.1. The Morgan fingerprint density at radius 1 is 1.36 bits per heavy atom. The SMILES string of the molecule is O=C(NCCC1(F)CCC1)c1c(F)cccc1-n1cccn1. The first-order valence-electron chi connectivity index (χ1n) is 7.35. The summed E-state index contributed by atoms with van der Waals surface area (Å²) in [5.41, 5.74) is -0.873. The minimum Gasteiger partial charge on any atom is -0.352 e. The van der Waals surface area contributed by atoms with E-state index in [-0.39, 0.29) is 18.5 Å². The zero-order valence-corrected chi connectivity index (χ0v) is 12.1. The summed E-state index contributed by atoms with van der Waals surface area (Å²) in [7, 11) is 0. The molecule has 1 saturated carbocycles. The molecule has 3 rings (SSSR count). The van der Waals surface area contributed by atoms with Gasteiger partial charge in [0, 0.05) is 18.9 Å². The number of amides is 1. The molecule has 1 N–H and O–H groups in total. The van der Waals surface area contributed by atoms with Crippen LogP contribution < -0.4 is 5.32 Å². The smallest absolute Gasteiger partial charge is 0.256 e. The average molecular weight is 305 g/mol. The van der Waals surface area contributed by atoms with Crippen LogP contribution in [0.5, 0.6) is 0 Å². The molecule has 0 unspecified atom stereocenters. The van der Waals surface area contributed by atoms with Crippen molar-refractivity contribution in [3.05, 3.63) is 48.0 Å². The Labute approximate surface area is 127 Å². The van der Waals surface area contributed by atoms with Gasteiger partial charge in [-0.1, -0.05) is 6.07 Å². The number of halogens is 2. The van der Waals surface area contributed by atoms with E-state index < -0.39 is 17.4 Å². The van der Waals surface area contributed by atoms with Crippen LogP contribution in [0, 0.1) is 5.82 Å². The Morgan fingerprint density at radius 2 is 2.18 bits per heavy atom. The molecule has 0 saturated heterocycles. The monoisotopic (exact) mass is 305 g/mol. The third kappa shape index (κ3) is 2.86. The number of carbonyl (C=O) groups is 1. The van der Waals surface area contributed by atoms with Crippen LogP contribution >= 0.6 is 0 Å². The minimum absolute atomic E-state index is 0.0762. The van der Waals surface area contributed by atoms with E-state index in [2.05, 4.69) is 10.4 Å². The molecular formula is C16H17F2N3O. The lowest BCUT2D eigenvalue weighted by molar-refractivity contribution is 0.0534. The van der Waals surface area contributed by atoms with Crippen molar-refractivity contribution in [2.45, 2.75) is 31.4 Å². The van der Waals surface area contributed by atoms with Crippen LogP contribution in [0.4, 0.5) is 8.78 Å². The Kier molecular flexibility index (Phi) is 3.92. The van der Waals surface area contributed by atoms with Gasteiger partial charge in [0.15, 0.2) is 0 Å². The molecule has 6 heteroatoms. The highest BCUT2D eigenvalue weighted by molar-refractivity contribution is 5.98. The fraction of sp³-hybridized carbons (Fsp3) is 0.375. The van der Waals surface area contributed by atoms with Gasteiger partial charge in [0.2, 0.25) is 0 Å². The van der Waals surface area contributed by atoms with E-state index in [4.69, 9.17) is 0 Å². The molecule has 22 heavy (non-hydrogen) atoms. The number of nitrogens with one attached hydrogen (secondary N) is 1. The highest BCUT2D eigenvalue weighted by Crippen LogP contribution is 2.38. The van der Waals surface area contributed by atoms with Crippen molar-refractivity contribution in [1.82, 2.24) is 15.1 Å². The topological polar surface area (TPSA) is 46.9 Å². The van der Waals surface area contributed by atoms with Gasteiger partial charge in [-0.2, -0.15) is 5.10 Å². The van der Waals surface area contributed by atoms with Crippen molar-refractivity contribution in [2.24, 2.45) is 0 Å². The molecular weight excluding hydrogens is 288 g/mol. The summed E-state index contributed by atoms with van der Waals surface area (Å²) in [5.74, 6) is -1.17. The van der Waals surface area contributed by atoms with Crippen LogP contribution in [0.15, 0.2) is 36.7 Å². The van der Waals surface area contributed by atoms with Crippen LogP contribution in [0.1, 0.15) is 36.0 Å². The first kappa shape index (κ1) is 14.7. The molecule has 1 aliphatic rings. The van der Waals surface area contributed by atoms with Crippen LogP contribution in [-0.2, 0) is 0 Å². The molecule has 0 bridgehead atoms. The van der Waals surface area contributed by atoms with Gasteiger partial charge in [-0.15, -0.1) is 0 Å². The van der Waals surface area contributed by atoms with Crippen molar-refractivity contribution >= 4 is 5.91 Å². The summed E-state index contributed by atoms with van der Waals surface area (Å²) in [4.78, 5) is 12.3. The molecule has 0 spiro atoms. The molecule has 1 aromatic carbocycles. The second-order valence-electron chi connectivity index (χ2n) is 5.59. The summed E-state index contributed by atoms with van der Waals surface area (Å²) in [6, 6.07) is 6.06. The number of hydrogen-bond acceptors (Lipinski definition) is 2. The third-order valence-corrected chi connectivity index (χ3v) is 4.08. The molecule has 4 nitrogen and oxygen atoms in total. The maximum Gasteiger partial charge on any atom is 0.256 e. The number of benzene rings is 1. The highest BCUT2D eigenvalue weighted by Gasteiger charge is 2.36. The van der Waals surface area contributed by atoms with E-state index >= 15 is 0 Å². The summed E-state index contributed by atoms with van der Waals surface area (Å²) in [6.07, 6.45) is 5.43. The Morgan fingerprint density at radius 3 is 2.82 bits per heavy atom. The van der Waals surface area contributed by atoms with E-state index in [1.165, 1.54) is 16.8 Å². The summed E-state index contributed by atoms with van der Waals surface area (Å²) in [5, 5.41) is 6.63.